The van der Waals surface area contributed by atoms with Crippen LogP contribution in [0.5, 0.6) is 0 Å². The van der Waals surface area contributed by atoms with Gasteiger partial charge in [-0.1, -0.05) is 20.8 Å². The summed E-state index contributed by atoms with van der Waals surface area (Å²) in [6.45, 7) is 13.3. The normalized spacial score (nSPS) is 16.2. The van der Waals surface area contributed by atoms with Gasteiger partial charge in [0.25, 0.3) is 0 Å². The van der Waals surface area contributed by atoms with E-state index in [1.807, 2.05) is 18.7 Å². The van der Waals surface area contributed by atoms with Crippen molar-refractivity contribution in [1.29, 1.82) is 0 Å². The lowest BCUT2D eigenvalue weighted by Crippen LogP contribution is -2.59. The van der Waals surface area contributed by atoms with Gasteiger partial charge in [-0.2, -0.15) is 5.10 Å². The van der Waals surface area contributed by atoms with E-state index in [1.54, 1.807) is 0 Å². The molecule has 1 N–H and O–H groups in total. The summed E-state index contributed by atoms with van der Waals surface area (Å²) < 4.78 is 3.14. The van der Waals surface area contributed by atoms with Crippen molar-refractivity contribution in [3.63, 3.8) is 0 Å². The number of rotatable bonds is 8. The molecule has 0 spiro atoms. The third-order valence-corrected chi connectivity index (χ3v) is 5.99. The number of nitrogens with one attached hydrogen (secondary N) is 1. The number of hydrogen-bond donors (Lipinski definition) is 1. The fourth-order valence-electron chi connectivity index (χ4n) is 3.36. The van der Waals surface area contributed by atoms with Gasteiger partial charge >= 0.3 is 0 Å². The minimum Gasteiger partial charge on any atom is -0.315 e. The van der Waals surface area contributed by atoms with Gasteiger partial charge in [-0.25, -0.2) is 0 Å². The van der Waals surface area contributed by atoms with E-state index in [-0.39, 0.29) is 5.54 Å². The van der Waals surface area contributed by atoms with E-state index in [4.69, 9.17) is 0 Å². The van der Waals surface area contributed by atoms with Crippen LogP contribution in [0.15, 0.2) is 4.47 Å². The van der Waals surface area contributed by atoms with Crippen LogP contribution in [0.2, 0.25) is 0 Å². The molecule has 21 heavy (non-hydrogen) atoms. The standard InChI is InChI=1S/C16H31BrN4/c1-8-16(5,21(9-2)10-3)14(18-6)11-13-15(17)12(4)19-20(13)7/h14,18H,8-11H2,1-7H3. The lowest BCUT2D eigenvalue weighted by Gasteiger charge is -2.45. The van der Waals surface area contributed by atoms with E-state index in [9.17, 15) is 0 Å². The van der Waals surface area contributed by atoms with E-state index in [0.29, 0.717) is 6.04 Å². The molecule has 2 atom stereocenters. The van der Waals surface area contributed by atoms with Gasteiger partial charge in [-0.05, 0) is 56.3 Å². The molecule has 0 fully saturated rings. The van der Waals surface area contributed by atoms with E-state index >= 15 is 0 Å². The molecule has 5 heteroatoms. The molecule has 0 aliphatic rings. The summed E-state index contributed by atoms with van der Waals surface area (Å²) in [7, 11) is 4.10. The van der Waals surface area contributed by atoms with Crippen molar-refractivity contribution in [3.8, 4) is 0 Å². The highest BCUT2D eigenvalue weighted by Gasteiger charge is 2.37. The lowest BCUT2D eigenvalue weighted by atomic mass is 9.84. The molecule has 1 rings (SSSR count). The highest BCUT2D eigenvalue weighted by Crippen LogP contribution is 2.29. The summed E-state index contributed by atoms with van der Waals surface area (Å²) >= 11 is 3.69. The maximum atomic E-state index is 4.52. The topological polar surface area (TPSA) is 33.1 Å². The van der Waals surface area contributed by atoms with Gasteiger partial charge in [0, 0.05) is 25.0 Å². The van der Waals surface area contributed by atoms with Crippen molar-refractivity contribution in [3.05, 3.63) is 15.9 Å². The Morgan fingerprint density at radius 3 is 2.24 bits per heavy atom. The van der Waals surface area contributed by atoms with Gasteiger partial charge in [0.05, 0.1) is 15.9 Å². The second-order valence-corrected chi connectivity index (χ2v) is 6.69. The molecule has 0 saturated heterocycles. The van der Waals surface area contributed by atoms with E-state index < -0.39 is 0 Å². The van der Waals surface area contributed by atoms with Crippen LogP contribution in [0.4, 0.5) is 0 Å². The van der Waals surface area contributed by atoms with Gasteiger partial charge in [0.1, 0.15) is 0 Å². The molecular formula is C16H31BrN4. The van der Waals surface area contributed by atoms with Crippen molar-refractivity contribution in [2.24, 2.45) is 7.05 Å². The molecular weight excluding hydrogens is 328 g/mol. The summed E-state index contributed by atoms with van der Waals surface area (Å²) in [4.78, 5) is 2.56. The van der Waals surface area contributed by atoms with Crippen LogP contribution in [0.1, 0.15) is 45.5 Å². The van der Waals surface area contributed by atoms with E-state index in [2.05, 4.69) is 66.0 Å². The number of nitrogens with zero attached hydrogens (tertiary/aromatic N) is 3. The third kappa shape index (κ3) is 3.69. The highest BCUT2D eigenvalue weighted by atomic mass is 79.9. The van der Waals surface area contributed by atoms with Crippen LogP contribution in [-0.2, 0) is 13.5 Å². The molecule has 1 heterocycles. The largest absolute Gasteiger partial charge is 0.315 e. The Kier molecular flexibility index (Phi) is 6.88. The van der Waals surface area contributed by atoms with E-state index in [1.165, 1.54) is 5.69 Å². The van der Waals surface area contributed by atoms with Crippen LogP contribution in [0.3, 0.4) is 0 Å². The molecule has 0 bridgehead atoms. The number of halogens is 1. The van der Waals surface area contributed by atoms with Crippen LogP contribution in [0, 0.1) is 6.92 Å². The fourth-order valence-corrected chi connectivity index (χ4v) is 3.86. The molecule has 0 radical (unpaired) electrons. The Balaban J connectivity index is 3.10. The third-order valence-electron chi connectivity index (χ3n) is 4.96. The molecule has 0 amide bonds. The Hall–Kier alpha value is -0.390. The minimum atomic E-state index is 0.135. The molecule has 4 nitrogen and oxygen atoms in total. The predicted molar refractivity (Wildman–Crippen MR) is 93.8 cm³/mol. The van der Waals surface area contributed by atoms with Crippen molar-refractivity contribution in [2.75, 3.05) is 20.1 Å². The Morgan fingerprint density at radius 1 is 1.33 bits per heavy atom. The molecule has 0 aromatic carbocycles. The Morgan fingerprint density at radius 2 is 1.90 bits per heavy atom. The minimum absolute atomic E-state index is 0.135. The molecule has 0 aliphatic carbocycles. The second kappa shape index (κ2) is 7.75. The monoisotopic (exact) mass is 358 g/mol. The van der Waals surface area contributed by atoms with Crippen LogP contribution < -0.4 is 5.32 Å². The first-order chi connectivity index (χ1) is 9.85. The second-order valence-electron chi connectivity index (χ2n) is 5.90. The van der Waals surface area contributed by atoms with Gasteiger partial charge < -0.3 is 5.32 Å². The zero-order valence-corrected chi connectivity index (χ0v) is 16.2. The molecule has 1 aromatic heterocycles. The van der Waals surface area contributed by atoms with Crippen molar-refractivity contribution in [1.82, 2.24) is 20.0 Å². The average Bonchev–Trinajstić information content (AvgIpc) is 2.71. The summed E-state index contributed by atoms with van der Waals surface area (Å²) in [6.07, 6.45) is 2.09. The number of aryl methyl sites for hydroxylation is 2. The van der Waals surface area contributed by atoms with E-state index in [0.717, 1.165) is 36.1 Å². The molecule has 2 unspecified atom stereocenters. The molecule has 0 aliphatic heterocycles. The first-order valence-electron chi connectivity index (χ1n) is 7.95. The van der Waals surface area contributed by atoms with Gasteiger partial charge in [-0.3, -0.25) is 9.58 Å². The summed E-state index contributed by atoms with van der Waals surface area (Å²) in [5, 5.41) is 8.07. The molecule has 1 aromatic rings. The molecule has 122 valence electrons. The zero-order chi connectivity index (χ0) is 16.2. The summed E-state index contributed by atoms with van der Waals surface area (Å²) in [5.74, 6) is 0. The SMILES string of the molecule is CCN(CC)C(C)(CC)C(Cc1c(Br)c(C)nn1C)NC. The summed E-state index contributed by atoms with van der Waals surface area (Å²) in [5.41, 5.74) is 2.46. The maximum absolute atomic E-state index is 4.52. The first kappa shape index (κ1) is 18.7. The van der Waals surface area contributed by atoms with Gasteiger partial charge in [0.15, 0.2) is 0 Å². The van der Waals surface area contributed by atoms with Gasteiger partial charge in [-0.15, -0.1) is 0 Å². The lowest BCUT2D eigenvalue weighted by molar-refractivity contribution is 0.0723. The van der Waals surface area contributed by atoms with Crippen LogP contribution >= 0.6 is 15.9 Å². The maximum Gasteiger partial charge on any atom is 0.0738 e. The van der Waals surface area contributed by atoms with Crippen molar-refractivity contribution >= 4 is 15.9 Å². The Labute approximate surface area is 138 Å². The first-order valence-corrected chi connectivity index (χ1v) is 8.75. The Bertz CT molecular complexity index is 453. The van der Waals surface area contributed by atoms with Crippen molar-refractivity contribution < 1.29 is 0 Å². The smallest absolute Gasteiger partial charge is 0.0738 e. The number of hydrogen-bond acceptors (Lipinski definition) is 3. The summed E-state index contributed by atoms with van der Waals surface area (Å²) in [6, 6.07) is 0.383. The highest BCUT2D eigenvalue weighted by molar-refractivity contribution is 9.10. The predicted octanol–water partition coefficient (Wildman–Crippen LogP) is 3.13. The number of aromatic nitrogens is 2. The average molecular weight is 359 g/mol. The van der Waals surface area contributed by atoms with Gasteiger partial charge in [0.2, 0.25) is 0 Å². The number of likely N-dealkylation sites (N-methyl/N-ethyl adjacent to an activating group) is 2. The quantitative estimate of drug-likeness (QED) is 0.774. The van der Waals surface area contributed by atoms with Crippen LogP contribution in [-0.4, -0.2) is 46.4 Å². The molecule has 0 saturated carbocycles. The zero-order valence-electron chi connectivity index (χ0n) is 14.6. The van der Waals surface area contributed by atoms with Crippen LogP contribution in [0.25, 0.3) is 0 Å². The fraction of sp³-hybridized carbons (Fsp3) is 0.812. The van der Waals surface area contributed by atoms with Crippen molar-refractivity contribution in [2.45, 2.75) is 59.0 Å².